The van der Waals surface area contributed by atoms with Gasteiger partial charge in [-0.15, -0.1) is 5.10 Å². The summed E-state index contributed by atoms with van der Waals surface area (Å²) < 4.78 is 7.10. The van der Waals surface area contributed by atoms with Crippen LogP contribution in [0.5, 0.6) is 0 Å². The molecule has 30 heavy (non-hydrogen) atoms. The van der Waals surface area contributed by atoms with E-state index in [0.717, 1.165) is 5.56 Å². The largest absolute Gasteiger partial charge is 0.444 e. The van der Waals surface area contributed by atoms with Gasteiger partial charge in [-0.05, 0) is 39.2 Å². The van der Waals surface area contributed by atoms with Crippen molar-refractivity contribution in [3.8, 4) is 0 Å². The number of aromatic nitrogens is 5. The minimum atomic E-state index is -0.518. The summed E-state index contributed by atoms with van der Waals surface area (Å²) in [6.07, 6.45) is 1.10. The Labute approximate surface area is 174 Å². The molecule has 3 aromatic rings. The molecule has 4 rings (SSSR count). The van der Waals surface area contributed by atoms with Gasteiger partial charge in [-0.2, -0.15) is 0 Å². The van der Waals surface area contributed by atoms with Crippen LogP contribution in [-0.2, 0) is 11.3 Å². The Morgan fingerprint density at radius 3 is 2.57 bits per heavy atom. The summed E-state index contributed by atoms with van der Waals surface area (Å²) in [6.45, 7) is 7.17. The number of carbonyl (C=O) groups excluding carboxylic acids is 1. The quantitative estimate of drug-likeness (QED) is 0.712. The molecule has 1 N–H and O–H groups in total. The lowest BCUT2D eigenvalue weighted by atomic mass is 9.96. The van der Waals surface area contributed by atoms with Gasteiger partial charge in [0.2, 0.25) is 0 Å². The van der Waals surface area contributed by atoms with E-state index in [2.05, 4.69) is 15.3 Å². The average molecular weight is 410 g/mol. The number of likely N-dealkylation sites (tertiary alicyclic amines) is 1. The third kappa shape index (κ3) is 4.34. The zero-order chi connectivity index (χ0) is 21.3. The Morgan fingerprint density at radius 1 is 1.20 bits per heavy atom. The van der Waals surface area contributed by atoms with Gasteiger partial charge in [0.05, 0.1) is 6.54 Å². The first-order valence-electron chi connectivity index (χ1n) is 10.2. The molecule has 2 aromatic heterocycles. The first-order valence-corrected chi connectivity index (χ1v) is 10.2. The van der Waals surface area contributed by atoms with Crippen molar-refractivity contribution >= 4 is 17.3 Å². The molecule has 9 heteroatoms. The number of piperidine rings is 1. The monoisotopic (exact) mass is 410 g/mol. The second-order valence-corrected chi connectivity index (χ2v) is 8.60. The van der Waals surface area contributed by atoms with E-state index in [0.29, 0.717) is 43.9 Å². The maximum atomic E-state index is 12.5. The first kappa shape index (κ1) is 20.1. The Morgan fingerprint density at radius 2 is 1.90 bits per heavy atom. The van der Waals surface area contributed by atoms with Crippen LogP contribution in [0.2, 0.25) is 0 Å². The van der Waals surface area contributed by atoms with Gasteiger partial charge in [-0.3, -0.25) is 4.79 Å². The molecule has 1 aliphatic rings. The number of aromatic amines is 1. The van der Waals surface area contributed by atoms with Crippen LogP contribution in [0.4, 0.5) is 4.79 Å². The molecule has 0 atom stereocenters. The summed E-state index contributed by atoms with van der Waals surface area (Å²) in [5.74, 6) is 0.675. The number of rotatable bonds is 3. The van der Waals surface area contributed by atoms with Crippen LogP contribution in [0.15, 0.2) is 35.1 Å². The van der Waals surface area contributed by atoms with E-state index in [1.165, 1.54) is 0 Å². The SMILES string of the molecule is CC(C)(C)OC(=O)N1CCC(c2nc3c(nnn3Cc3ccccc3)c(=O)[nH]2)CC1. The Kier molecular flexibility index (Phi) is 5.27. The standard InChI is InChI=1S/C21H26N6O3/c1-21(2,3)30-20(29)26-11-9-15(10-12-26)17-22-18-16(19(28)23-17)24-25-27(18)13-14-7-5-4-6-8-14/h4-8,15H,9-13H2,1-3H3,(H,22,23,28). The van der Waals surface area contributed by atoms with Crippen molar-refractivity contribution < 1.29 is 9.53 Å². The Bertz CT molecular complexity index is 1090. The molecule has 0 unspecified atom stereocenters. The number of amides is 1. The fraction of sp³-hybridized carbons (Fsp3) is 0.476. The highest BCUT2D eigenvalue weighted by atomic mass is 16.6. The lowest BCUT2D eigenvalue weighted by Gasteiger charge is -2.33. The molecule has 0 radical (unpaired) electrons. The molecule has 9 nitrogen and oxygen atoms in total. The van der Waals surface area contributed by atoms with Gasteiger partial charge in [-0.1, -0.05) is 35.5 Å². The minimum absolute atomic E-state index is 0.0564. The van der Waals surface area contributed by atoms with E-state index in [9.17, 15) is 9.59 Å². The number of hydrogen-bond donors (Lipinski definition) is 1. The molecule has 0 spiro atoms. The molecule has 1 saturated heterocycles. The normalized spacial score (nSPS) is 15.5. The average Bonchev–Trinajstić information content (AvgIpc) is 3.11. The number of ether oxygens (including phenoxy) is 1. The van der Waals surface area contributed by atoms with E-state index in [-0.39, 0.29) is 23.1 Å². The highest BCUT2D eigenvalue weighted by Gasteiger charge is 2.29. The lowest BCUT2D eigenvalue weighted by Crippen LogP contribution is -2.41. The fourth-order valence-electron chi connectivity index (χ4n) is 3.60. The predicted molar refractivity (Wildman–Crippen MR) is 111 cm³/mol. The van der Waals surface area contributed by atoms with Crippen molar-refractivity contribution in [1.29, 1.82) is 0 Å². The zero-order valence-electron chi connectivity index (χ0n) is 17.5. The van der Waals surface area contributed by atoms with Crippen molar-refractivity contribution in [2.75, 3.05) is 13.1 Å². The zero-order valence-corrected chi connectivity index (χ0v) is 17.5. The van der Waals surface area contributed by atoms with Gasteiger partial charge in [0, 0.05) is 19.0 Å². The second kappa shape index (κ2) is 7.89. The van der Waals surface area contributed by atoms with E-state index in [1.807, 2.05) is 51.1 Å². The third-order valence-corrected chi connectivity index (χ3v) is 5.10. The number of nitrogens with zero attached hydrogens (tertiary/aromatic N) is 5. The van der Waals surface area contributed by atoms with E-state index in [4.69, 9.17) is 9.72 Å². The van der Waals surface area contributed by atoms with Gasteiger partial charge < -0.3 is 14.6 Å². The van der Waals surface area contributed by atoms with Crippen molar-refractivity contribution in [1.82, 2.24) is 29.9 Å². The highest BCUT2D eigenvalue weighted by Crippen LogP contribution is 2.26. The van der Waals surface area contributed by atoms with Crippen molar-refractivity contribution in [2.45, 2.75) is 51.7 Å². The van der Waals surface area contributed by atoms with Gasteiger partial charge in [0.25, 0.3) is 5.56 Å². The highest BCUT2D eigenvalue weighted by molar-refractivity contribution is 5.69. The number of H-pyrrole nitrogens is 1. The fourth-order valence-corrected chi connectivity index (χ4v) is 3.60. The van der Waals surface area contributed by atoms with Crippen LogP contribution in [-0.4, -0.2) is 54.6 Å². The summed E-state index contributed by atoms with van der Waals surface area (Å²) in [6, 6.07) is 9.85. The second-order valence-electron chi connectivity index (χ2n) is 8.60. The molecular weight excluding hydrogens is 384 g/mol. The lowest BCUT2D eigenvalue weighted by molar-refractivity contribution is 0.0203. The molecule has 0 bridgehead atoms. The summed E-state index contributed by atoms with van der Waals surface area (Å²) in [5, 5.41) is 8.13. The predicted octanol–water partition coefficient (Wildman–Crippen LogP) is 2.68. The summed E-state index contributed by atoms with van der Waals surface area (Å²) >= 11 is 0. The Hall–Kier alpha value is -3.23. The Balaban J connectivity index is 1.52. The molecule has 1 aromatic carbocycles. The van der Waals surface area contributed by atoms with E-state index in [1.54, 1.807) is 9.58 Å². The molecule has 1 aliphatic heterocycles. The van der Waals surface area contributed by atoms with E-state index >= 15 is 0 Å². The minimum Gasteiger partial charge on any atom is -0.444 e. The maximum Gasteiger partial charge on any atom is 0.410 e. The number of hydrogen-bond acceptors (Lipinski definition) is 6. The molecule has 0 aliphatic carbocycles. The molecule has 1 fully saturated rings. The molecule has 1 amide bonds. The van der Waals surface area contributed by atoms with Crippen LogP contribution in [0.3, 0.4) is 0 Å². The first-order chi connectivity index (χ1) is 14.3. The van der Waals surface area contributed by atoms with Crippen molar-refractivity contribution in [3.63, 3.8) is 0 Å². The number of nitrogens with one attached hydrogen (secondary N) is 1. The van der Waals surface area contributed by atoms with Crippen LogP contribution in [0, 0.1) is 0 Å². The van der Waals surface area contributed by atoms with Crippen molar-refractivity contribution in [2.24, 2.45) is 0 Å². The molecule has 0 saturated carbocycles. The summed E-state index contributed by atoms with van der Waals surface area (Å²) in [7, 11) is 0. The summed E-state index contributed by atoms with van der Waals surface area (Å²) in [4.78, 5) is 34.1. The maximum absolute atomic E-state index is 12.5. The van der Waals surface area contributed by atoms with E-state index < -0.39 is 5.60 Å². The van der Waals surface area contributed by atoms with Crippen LogP contribution >= 0.6 is 0 Å². The topological polar surface area (TPSA) is 106 Å². The summed E-state index contributed by atoms with van der Waals surface area (Å²) in [5.41, 5.74) is 0.964. The van der Waals surface area contributed by atoms with Gasteiger partial charge in [0.1, 0.15) is 11.4 Å². The molecule has 158 valence electrons. The third-order valence-electron chi connectivity index (χ3n) is 5.10. The van der Waals surface area contributed by atoms with Crippen LogP contribution in [0.1, 0.15) is 50.9 Å². The molecular formula is C21H26N6O3. The number of benzene rings is 1. The molecule has 3 heterocycles. The van der Waals surface area contributed by atoms with Crippen LogP contribution < -0.4 is 5.56 Å². The van der Waals surface area contributed by atoms with Crippen molar-refractivity contribution in [3.05, 3.63) is 52.1 Å². The number of fused-ring (bicyclic) bond motifs is 1. The number of carbonyl (C=O) groups is 1. The van der Waals surface area contributed by atoms with Gasteiger partial charge in [0.15, 0.2) is 11.2 Å². The van der Waals surface area contributed by atoms with Gasteiger partial charge >= 0.3 is 6.09 Å². The van der Waals surface area contributed by atoms with Gasteiger partial charge in [-0.25, -0.2) is 14.5 Å². The van der Waals surface area contributed by atoms with Crippen LogP contribution in [0.25, 0.3) is 11.2 Å². The smallest absolute Gasteiger partial charge is 0.410 e.